The second-order valence-electron chi connectivity index (χ2n) is 6.30. The topological polar surface area (TPSA) is 110 Å². The van der Waals surface area contributed by atoms with E-state index in [4.69, 9.17) is 11.5 Å². The van der Waals surface area contributed by atoms with Gasteiger partial charge in [0, 0.05) is 12.1 Å². The maximum absolute atomic E-state index is 12.3. The molecule has 6 heteroatoms. The van der Waals surface area contributed by atoms with Crippen LogP contribution in [0.25, 0.3) is 0 Å². The van der Waals surface area contributed by atoms with Crippen molar-refractivity contribution >= 4 is 11.9 Å². The summed E-state index contributed by atoms with van der Waals surface area (Å²) in [6.07, 6.45) is 3.87. The molecule has 1 aromatic carbocycles. The Morgan fingerprint density at radius 2 is 1.87 bits per heavy atom. The molecule has 1 aliphatic carbocycles. The Hall–Kier alpha value is -2.08. The van der Waals surface area contributed by atoms with Crippen LogP contribution in [0.3, 0.4) is 0 Å². The van der Waals surface area contributed by atoms with Crippen LogP contribution in [0.1, 0.15) is 49.3 Å². The van der Waals surface area contributed by atoms with E-state index in [9.17, 15) is 9.59 Å². The lowest BCUT2D eigenvalue weighted by Gasteiger charge is -2.27. The average Bonchev–Trinajstić information content (AvgIpc) is 2.49. The second-order valence-corrected chi connectivity index (χ2v) is 6.30. The van der Waals surface area contributed by atoms with E-state index < -0.39 is 12.1 Å². The van der Waals surface area contributed by atoms with Crippen molar-refractivity contribution in [3.63, 3.8) is 0 Å². The van der Waals surface area contributed by atoms with E-state index in [2.05, 4.69) is 10.6 Å². The SMILES string of the molecule is Cc1ccccc1C(CC(=O)NC1CCC(N)CC1)NC(N)=O. The highest BCUT2D eigenvalue weighted by Crippen LogP contribution is 2.22. The molecule has 1 aliphatic rings. The molecule has 1 saturated carbocycles. The maximum atomic E-state index is 12.3. The summed E-state index contributed by atoms with van der Waals surface area (Å²) in [5, 5.41) is 5.72. The van der Waals surface area contributed by atoms with Crippen molar-refractivity contribution in [1.29, 1.82) is 0 Å². The quantitative estimate of drug-likeness (QED) is 0.660. The molecule has 126 valence electrons. The number of aryl methyl sites for hydroxylation is 1. The maximum Gasteiger partial charge on any atom is 0.312 e. The first-order valence-corrected chi connectivity index (χ1v) is 8.12. The highest BCUT2D eigenvalue weighted by atomic mass is 16.2. The van der Waals surface area contributed by atoms with Gasteiger partial charge in [0.2, 0.25) is 5.91 Å². The molecule has 3 amide bonds. The van der Waals surface area contributed by atoms with Crippen molar-refractivity contribution in [1.82, 2.24) is 10.6 Å². The second kappa shape index (κ2) is 7.97. The summed E-state index contributed by atoms with van der Waals surface area (Å²) in [6, 6.07) is 7.04. The fourth-order valence-corrected chi connectivity index (χ4v) is 3.12. The number of benzene rings is 1. The molecule has 0 heterocycles. The molecule has 0 spiro atoms. The van der Waals surface area contributed by atoms with Crippen LogP contribution in [0.5, 0.6) is 0 Å². The van der Waals surface area contributed by atoms with Gasteiger partial charge in [-0.3, -0.25) is 4.79 Å². The molecular formula is C17H26N4O2. The van der Waals surface area contributed by atoms with E-state index in [1.54, 1.807) is 0 Å². The van der Waals surface area contributed by atoms with Crippen molar-refractivity contribution in [2.24, 2.45) is 11.5 Å². The van der Waals surface area contributed by atoms with Gasteiger partial charge in [-0.1, -0.05) is 24.3 Å². The molecule has 0 saturated heterocycles. The van der Waals surface area contributed by atoms with Crippen molar-refractivity contribution in [2.75, 3.05) is 0 Å². The van der Waals surface area contributed by atoms with Gasteiger partial charge in [0.05, 0.1) is 12.5 Å². The van der Waals surface area contributed by atoms with Gasteiger partial charge in [-0.05, 0) is 43.7 Å². The lowest BCUT2D eigenvalue weighted by Crippen LogP contribution is -2.42. The molecule has 2 rings (SSSR count). The van der Waals surface area contributed by atoms with E-state index >= 15 is 0 Å². The molecule has 6 N–H and O–H groups in total. The summed E-state index contributed by atoms with van der Waals surface area (Å²) in [6.45, 7) is 1.95. The Bertz CT molecular complexity index is 553. The number of nitrogens with two attached hydrogens (primary N) is 2. The number of hydrogen-bond acceptors (Lipinski definition) is 3. The number of amides is 3. The van der Waals surface area contributed by atoms with E-state index in [0.717, 1.165) is 36.8 Å². The first-order chi connectivity index (χ1) is 11.0. The first kappa shape index (κ1) is 17.3. The fourth-order valence-electron chi connectivity index (χ4n) is 3.12. The number of carbonyl (C=O) groups is 2. The molecule has 1 aromatic rings. The van der Waals surface area contributed by atoms with E-state index in [1.165, 1.54) is 0 Å². The van der Waals surface area contributed by atoms with Gasteiger partial charge in [0.1, 0.15) is 0 Å². The standard InChI is InChI=1S/C17H26N4O2/c1-11-4-2-3-5-14(11)15(21-17(19)23)10-16(22)20-13-8-6-12(18)7-9-13/h2-5,12-13,15H,6-10,18H2,1H3,(H,20,22)(H3,19,21,23). The number of primary amides is 1. The summed E-state index contributed by atoms with van der Waals surface area (Å²) in [7, 11) is 0. The van der Waals surface area contributed by atoms with E-state index in [1.807, 2.05) is 31.2 Å². The van der Waals surface area contributed by atoms with Crippen LogP contribution in [-0.4, -0.2) is 24.0 Å². The lowest BCUT2D eigenvalue weighted by molar-refractivity contribution is -0.122. The van der Waals surface area contributed by atoms with Crippen LogP contribution < -0.4 is 22.1 Å². The van der Waals surface area contributed by atoms with Gasteiger partial charge in [-0.25, -0.2) is 4.79 Å². The van der Waals surface area contributed by atoms with Crippen molar-refractivity contribution in [2.45, 2.75) is 57.2 Å². The minimum atomic E-state index is -0.630. The normalized spacial score (nSPS) is 22.2. The average molecular weight is 318 g/mol. The molecule has 1 atom stereocenters. The minimum absolute atomic E-state index is 0.0764. The molecule has 0 bridgehead atoms. The van der Waals surface area contributed by atoms with Crippen LogP contribution in [0, 0.1) is 6.92 Å². The van der Waals surface area contributed by atoms with Crippen LogP contribution in [0.15, 0.2) is 24.3 Å². The molecule has 23 heavy (non-hydrogen) atoms. The molecular weight excluding hydrogens is 292 g/mol. The number of nitrogens with one attached hydrogen (secondary N) is 2. The van der Waals surface area contributed by atoms with Crippen LogP contribution in [0.2, 0.25) is 0 Å². The molecule has 1 unspecified atom stereocenters. The summed E-state index contributed by atoms with van der Waals surface area (Å²) < 4.78 is 0. The predicted octanol–water partition coefficient (Wildman–Crippen LogP) is 1.48. The van der Waals surface area contributed by atoms with Crippen molar-refractivity contribution in [3.05, 3.63) is 35.4 Å². The summed E-state index contributed by atoms with van der Waals surface area (Å²) in [5.41, 5.74) is 13.1. The largest absolute Gasteiger partial charge is 0.353 e. The predicted molar refractivity (Wildman–Crippen MR) is 89.6 cm³/mol. The molecule has 1 fully saturated rings. The van der Waals surface area contributed by atoms with E-state index in [0.29, 0.717) is 0 Å². The smallest absolute Gasteiger partial charge is 0.312 e. The van der Waals surface area contributed by atoms with Crippen molar-refractivity contribution < 1.29 is 9.59 Å². The Kier molecular flexibility index (Phi) is 5.98. The number of urea groups is 1. The third-order valence-corrected chi connectivity index (χ3v) is 4.41. The van der Waals surface area contributed by atoms with Gasteiger partial charge in [-0.2, -0.15) is 0 Å². The monoisotopic (exact) mass is 318 g/mol. The molecule has 0 aromatic heterocycles. The fraction of sp³-hybridized carbons (Fsp3) is 0.529. The number of carbonyl (C=O) groups excluding carboxylic acids is 2. The summed E-state index contributed by atoms with van der Waals surface area (Å²) in [5.74, 6) is -0.0764. The highest BCUT2D eigenvalue weighted by molar-refractivity contribution is 5.79. The molecule has 0 radical (unpaired) electrons. The van der Waals surface area contributed by atoms with Gasteiger partial charge < -0.3 is 22.1 Å². The third-order valence-electron chi connectivity index (χ3n) is 4.41. The van der Waals surface area contributed by atoms with Gasteiger partial charge in [-0.15, -0.1) is 0 Å². The zero-order valence-corrected chi connectivity index (χ0v) is 13.5. The highest BCUT2D eigenvalue weighted by Gasteiger charge is 2.23. The van der Waals surface area contributed by atoms with Gasteiger partial charge in [0.15, 0.2) is 0 Å². The Labute approximate surface area is 137 Å². The van der Waals surface area contributed by atoms with Crippen LogP contribution in [-0.2, 0) is 4.79 Å². The minimum Gasteiger partial charge on any atom is -0.353 e. The van der Waals surface area contributed by atoms with Gasteiger partial charge >= 0.3 is 6.03 Å². The zero-order valence-electron chi connectivity index (χ0n) is 13.5. The lowest BCUT2D eigenvalue weighted by atomic mass is 9.91. The first-order valence-electron chi connectivity index (χ1n) is 8.12. The number of hydrogen-bond donors (Lipinski definition) is 4. The molecule has 6 nitrogen and oxygen atoms in total. The molecule has 0 aliphatic heterocycles. The number of rotatable bonds is 5. The zero-order chi connectivity index (χ0) is 16.8. The van der Waals surface area contributed by atoms with Crippen molar-refractivity contribution in [3.8, 4) is 0 Å². The van der Waals surface area contributed by atoms with Crippen LogP contribution >= 0.6 is 0 Å². The third kappa shape index (κ3) is 5.25. The Balaban J connectivity index is 1.98. The van der Waals surface area contributed by atoms with Crippen LogP contribution in [0.4, 0.5) is 4.79 Å². The van der Waals surface area contributed by atoms with E-state index in [-0.39, 0.29) is 24.4 Å². The summed E-state index contributed by atoms with van der Waals surface area (Å²) in [4.78, 5) is 23.6. The van der Waals surface area contributed by atoms with Gasteiger partial charge in [0.25, 0.3) is 0 Å². The summed E-state index contributed by atoms with van der Waals surface area (Å²) >= 11 is 0. The Morgan fingerprint density at radius 3 is 2.48 bits per heavy atom. The Morgan fingerprint density at radius 1 is 1.22 bits per heavy atom.